The Hall–Kier alpha value is -2.67. The second-order valence-electron chi connectivity index (χ2n) is 8.37. The van der Waals surface area contributed by atoms with Gasteiger partial charge in [0, 0.05) is 44.0 Å². The van der Waals surface area contributed by atoms with Crippen molar-refractivity contribution in [2.75, 3.05) is 43.0 Å². The summed E-state index contributed by atoms with van der Waals surface area (Å²) in [5.41, 5.74) is 3.20. The lowest BCUT2D eigenvalue weighted by Crippen LogP contribution is -2.44. The molecule has 31 heavy (non-hydrogen) atoms. The molecule has 0 amide bonds. The maximum absolute atomic E-state index is 12.7. The normalized spacial score (nSPS) is 17.4. The highest BCUT2D eigenvalue weighted by molar-refractivity contribution is 5.94. The second kappa shape index (κ2) is 10.1. The first kappa shape index (κ1) is 21.6. The zero-order valence-electron chi connectivity index (χ0n) is 18.6. The van der Waals surface area contributed by atoms with E-state index in [1.165, 1.54) is 32.1 Å². The van der Waals surface area contributed by atoms with Gasteiger partial charge < -0.3 is 20.3 Å². The van der Waals surface area contributed by atoms with Gasteiger partial charge in [0.2, 0.25) is 0 Å². The molecule has 0 atom stereocenters. The highest BCUT2D eigenvalue weighted by atomic mass is 16.5. The molecule has 0 spiro atoms. The van der Waals surface area contributed by atoms with E-state index < -0.39 is 0 Å². The van der Waals surface area contributed by atoms with Crippen molar-refractivity contribution in [2.45, 2.75) is 52.0 Å². The van der Waals surface area contributed by atoms with E-state index in [1.54, 1.807) is 0 Å². The van der Waals surface area contributed by atoms with Crippen molar-refractivity contribution in [1.82, 2.24) is 15.3 Å². The maximum atomic E-state index is 12.7. The van der Waals surface area contributed by atoms with Crippen LogP contribution in [0.4, 0.5) is 11.6 Å². The van der Waals surface area contributed by atoms with Crippen molar-refractivity contribution in [3.8, 4) is 11.3 Å². The van der Waals surface area contributed by atoms with Crippen molar-refractivity contribution in [3.05, 3.63) is 35.5 Å². The average Bonchev–Trinajstić information content (AvgIpc) is 2.81. The monoisotopic (exact) mass is 423 g/mol. The number of ether oxygens (including phenoxy) is 1. The van der Waals surface area contributed by atoms with Gasteiger partial charge in [-0.1, -0.05) is 19.3 Å². The molecule has 0 bridgehead atoms. The van der Waals surface area contributed by atoms with Crippen LogP contribution in [0.3, 0.4) is 0 Å². The number of aromatic nitrogens is 2. The number of rotatable bonds is 6. The Balaban J connectivity index is 1.69. The quantitative estimate of drug-likeness (QED) is 0.685. The summed E-state index contributed by atoms with van der Waals surface area (Å²) in [6, 6.07) is 6.39. The van der Waals surface area contributed by atoms with E-state index in [0.29, 0.717) is 18.2 Å². The number of nitrogens with zero attached hydrogens (tertiary/aromatic N) is 3. The van der Waals surface area contributed by atoms with E-state index in [9.17, 15) is 4.79 Å². The fourth-order valence-corrected chi connectivity index (χ4v) is 4.47. The van der Waals surface area contributed by atoms with Crippen LogP contribution in [0, 0.1) is 6.92 Å². The molecular formula is C24H33N5O2. The minimum Gasteiger partial charge on any atom is -0.462 e. The lowest BCUT2D eigenvalue weighted by atomic mass is 9.95. The van der Waals surface area contributed by atoms with Gasteiger partial charge in [0.15, 0.2) is 0 Å². The molecule has 3 heterocycles. The van der Waals surface area contributed by atoms with Crippen LogP contribution in [0.25, 0.3) is 11.3 Å². The third-order valence-corrected chi connectivity index (χ3v) is 6.19. The standard InChI is InChI=1S/C24H33N5O2/c1-3-31-24(30)20-16-22(29-13-11-25-12-14-29)28-23(17(20)2)18-9-10-26-21(15-18)27-19-7-5-4-6-8-19/h9-10,15-16,19,25H,3-8,11-14H2,1-2H3,(H,26,27). The number of carbonyl (C=O) groups is 1. The van der Waals surface area contributed by atoms with Crippen LogP contribution in [-0.4, -0.2) is 54.8 Å². The lowest BCUT2D eigenvalue weighted by molar-refractivity contribution is 0.0525. The number of carbonyl (C=O) groups excluding carboxylic acids is 1. The number of pyridine rings is 2. The molecule has 7 nitrogen and oxygen atoms in total. The van der Waals surface area contributed by atoms with E-state index in [0.717, 1.165) is 54.6 Å². The molecule has 2 fully saturated rings. The zero-order chi connectivity index (χ0) is 21.6. The molecule has 0 unspecified atom stereocenters. The first-order valence-corrected chi connectivity index (χ1v) is 11.5. The molecule has 2 aromatic heterocycles. The number of hydrogen-bond donors (Lipinski definition) is 2. The van der Waals surface area contributed by atoms with Crippen molar-refractivity contribution < 1.29 is 9.53 Å². The van der Waals surface area contributed by atoms with Gasteiger partial charge in [0.1, 0.15) is 11.6 Å². The molecule has 1 aliphatic carbocycles. The van der Waals surface area contributed by atoms with E-state index in [1.807, 2.05) is 32.2 Å². The summed E-state index contributed by atoms with van der Waals surface area (Å²) < 4.78 is 5.34. The number of anilines is 2. The summed E-state index contributed by atoms with van der Waals surface area (Å²) in [7, 11) is 0. The molecule has 1 saturated heterocycles. The molecule has 4 rings (SSSR count). The van der Waals surface area contributed by atoms with Gasteiger partial charge in [0.25, 0.3) is 0 Å². The summed E-state index contributed by atoms with van der Waals surface area (Å²) in [6.45, 7) is 7.67. The molecule has 2 N–H and O–H groups in total. The maximum Gasteiger partial charge on any atom is 0.338 e. The van der Waals surface area contributed by atoms with Crippen molar-refractivity contribution >= 4 is 17.6 Å². The molecule has 0 radical (unpaired) electrons. The predicted molar refractivity (Wildman–Crippen MR) is 124 cm³/mol. The smallest absolute Gasteiger partial charge is 0.338 e. The largest absolute Gasteiger partial charge is 0.462 e. The van der Waals surface area contributed by atoms with Gasteiger partial charge >= 0.3 is 5.97 Å². The van der Waals surface area contributed by atoms with Crippen molar-refractivity contribution in [1.29, 1.82) is 0 Å². The van der Waals surface area contributed by atoms with Crippen LogP contribution < -0.4 is 15.5 Å². The highest BCUT2D eigenvalue weighted by Gasteiger charge is 2.21. The number of piperazine rings is 1. The van der Waals surface area contributed by atoms with Crippen LogP contribution in [0.15, 0.2) is 24.4 Å². The van der Waals surface area contributed by atoms with E-state index in [-0.39, 0.29) is 5.97 Å². The van der Waals surface area contributed by atoms with E-state index in [4.69, 9.17) is 9.72 Å². The fraction of sp³-hybridized carbons (Fsp3) is 0.542. The predicted octanol–water partition coefficient (Wildman–Crippen LogP) is 3.78. The Morgan fingerprint density at radius 3 is 2.74 bits per heavy atom. The molecular weight excluding hydrogens is 390 g/mol. The average molecular weight is 424 g/mol. The van der Waals surface area contributed by atoms with Crippen LogP contribution >= 0.6 is 0 Å². The lowest BCUT2D eigenvalue weighted by Gasteiger charge is -2.29. The minimum absolute atomic E-state index is 0.297. The Labute approximate surface area is 184 Å². The Morgan fingerprint density at radius 1 is 1.23 bits per heavy atom. The summed E-state index contributed by atoms with van der Waals surface area (Å²) in [4.78, 5) is 24.5. The molecule has 2 aliphatic rings. The van der Waals surface area contributed by atoms with Crippen LogP contribution in [0.1, 0.15) is 54.9 Å². The number of hydrogen-bond acceptors (Lipinski definition) is 7. The zero-order valence-corrected chi connectivity index (χ0v) is 18.6. The first-order valence-electron chi connectivity index (χ1n) is 11.5. The Morgan fingerprint density at radius 2 is 2.00 bits per heavy atom. The minimum atomic E-state index is -0.297. The van der Waals surface area contributed by atoms with E-state index in [2.05, 4.69) is 26.6 Å². The number of esters is 1. The molecule has 0 aromatic carbocycles. The van der Waals surface area contributed by atoms with Gasteiger partial charge in [0.05, 0.1) is 17.9 Å². The Kier molecular flexibility index (Phi) is 7.02. The topological polar surface area (TPSA) is 79.4 Å². The van der Waals surface area contributed by atoms with Gasteiger partial charge in [-0.2, -0.15) is 0 Å². The fourth-order valence-electron chi connectivity index (χ4n) is 4.47. The van der Waals surface area contributed by atoms with Crippen LogP contribution in [0.2, 0.25) is 0 Å². The van der Waals surface area contributed by atoms with Gasteiger partial charge in [-0.3, -0.25) is 0 Å². The third kappa shape index (κ3) is 5.15. The van der Waals surface area contributed by atoms with Gasteiger partial charge in [-0.15, -0.1) is 0 Å². The van der Waals surface area contributed by atoms with Crippen molar-refractivity contribution in [3.63, 3.8) is 0 Å². The summed E-state index contributed by atoms with van der Waals surface area (Å²) in [5, 5.41) is 6.97. The first-order chi connectivity index (χ1) is 15.2. The van der Waals surface area contributed by atoms with Crippen LogP contribution in [0.5, 0.6) is 0 Å². The van der Waals surface area contributed by atoms with Gasteiger partial charge in [-0.05, 0) is 50.5 Å². The summed E-state index contributed by atoms with van der Waals surface area (Å²) in [5.74, 6) is 1.40. The van der Waals surface area contributed by atoms with E-state index >= 15 is 0 Å². The molecule has 166 valence electrons. The summed E-state index contributed by atoms with van der Waals surface area (Å²) >= 11 is 0. The SMILES string of the molecule is CCOC(=O)c1cc(N2CCNCC2)nc(-c2ccnc(NC3CCCCC3)c2)c1C. The molecule has 1 saturated carbocycles. The van der Waals surface area contributed by atoms with Crippen LogP contribution in [-0.2, 0) is 4.74 Å². The highest BCUT2D eigenvalue weighted by Crippen LogP contribution is 2.30. The Bertz CT molecular complexity index is 905. The number of nitrogens with one attached hydrogen (secondary N) is 2. The van der Waals surface area contributed by atoms with Gasteiger partial charge in [-0.25, -0.2) is 14.8 Å². The molecule has 2 aromatic rings. The van der Waals surface area contributed by atoms with Crippen molar-refractivity contribution in [2.24, 2.45) is 0 Å². The molecule has 1 aliphatic heterocycles. The second-order valence-corrected chi connectivity index (χ2v) is 8.37. The summed E-state index contributed by atoms with van der Waals surface area (Å²) in [6.07, 6.45) is 8.07. The molecule has 7 heteroatoms. The third-order valence-electron chi connectivity index (χ3n) is 6.19.